The number of benzene rings is 2. The molecule has 0 heterocycles. The molecule has 0 atom stereocenters. The van der Waals surface area contributed by atoms with Gasteiger partial charge in [-0.25, -0.2) is 0 Å². The quantitative estimate of drug-likeness (QED) is 0.841. The van der Waals surface area contributed by atoms with Crippen LogP contribution in [0.1, 0.15) is 44.7 Å². The molecular weight excluding hydrogens is 232 g/mol. The molecule has 2 rings (SSSR count). The van der Waals surface area contributed by atoms with Gasteiger partial charge in [0.2, 0.25) is 0 Å². The molecular formula is C18H22O. The fraction of sp³-hybridized carbons (Fsp3) is 0.333. The van der Waals surface area contributed by atoms with Gasteiger partial charge in [0, 0.05) is 0 Å². The molecule has 1 nitrogen and oxygen atoms in total. The van der Waals surface area contributed by atoms with Gasteiger partial charge in [0.15, 0.2) is 0 Å². The Bertz CT molecular complexity index is 562. The maximum absolute atomic E-state index is 10.3. The molecule has 0 aliphatic heterocycles. The van der Waals surface area contributed by atoms with Gasteiger partial charge < -0.3 is 5.11 Å². The van der Waals surface area contributed by atoms with E-state index in [4.69, 9.17) is 0 Å². The lowest BCUT2D eigenvalue weighted by Crippen LogP contribution is -2.16. The molecule has 0 unspecified atom stereocenters. The minimum absolute atomic E-state index is 0.509. The molecule has 0 aliphatic carbocycles. The standard InChI is InChI=1S/C18H22O/c1-13(2)14-8-7-9-15(12-14)16-10-5-6-11-17(16)18(3,4)19/h5-13,19H,1-4H3. The van der Waals surface area contributed by atoms with E-state index in [0.29, 0.717) is 5.92 Å². The molecule has 0 aliphatic rings. The largest absolute Gasteiger partial charge is 0.386 e. The average molecular weight is 254 g/mol. The minimum Gasteiger partial charge on any atom is -0.386 e. The highest BCUT2D eigenvalue weighted by molar-refractivity contribution is 5.69. The lowest BCUT2D eigenvalue weighted by molar-refractivity contribution is 0.0792. The first-order chi connectivity index (χ1) is 8.89. The summed E-state index contributed by atoms with van der Waals surface area (Å²) in [7, 11) is 0. The molecule has 19 heavy (non-hydrogen) atoms. The van der Waals surface area contributed by atoms with Gasteiger partial charge in [-0.1, -0.05) is 62.4 Å². The molecule has 2 aromatic rings. The predicted molar refractivity (Wildman–Crippen MR) is 81.2 cm³/mol. The second-order valence-corrected chi connectivity index (χ2v) is 5.88. The van der Waals surface area contributed by atoms with Crippen molar-refractivity contribution in [1.82, 2.24) is 0 Å². The van der Waals surface area contributed by atoms with Crippen molar-refractivity contribution in [2.75, 3.05) is 0 Å². The van der Waals surface area contributed by atoms with Crippen molar-refractivity contribution in [3.8, 4) is 11.1 Å². The van der Waals surface area contributed by atoms with Gasteiger partial charge in [0.05, 0.1) is 5.60 Å². The van der Waals surface area contributed by atoms with E-state index in [1.54, 1.807) is 0 Å². The van der Waals surface area contributed by atoms with Crippen LogP contribution in [0.4, 0.5) is 0 Å². The number of rotatable bonds is 3. The topological polar surface area (TPSA) is 20.2 Å². The molecule has 0 bridgehead atoms. The Morgan fingerprint density at radius 3 is 2.26 bits per heavy atom. The second kappa shape index (κ2) is 5.18. The summed E-state index contributed by atoms with van der Waals surface area (Å²) in [5.41, 5.74) is 3.74. The minimum atomic E-state index is -0.829. The molecule has 0 amide bonds. The highest BCUT2D eigenvalue weighted by atomic mass is 16.3. The van der Waals surface area contributed by atoms with E-state index in [2.05, 4.69) is 44.2 Å². The lowest BCUT2D eigenvalue weighted by atomic mass is 9.88. The SMILES string of the molecule is CC(C)c1cccc(-c2ccccc2C(C)(C)O)c1. The van der Waals surface area contributed by atoms with Crippen LogP contribution in [0, 0.1) is 0 Å². The maximum Gasteiger partial charge on any atom is 0.0846 e. The van der Waals surface area contributed by atoms with Crippen molar-refractivity contribution >= 4 is 0 Å². The predicted octanol–water partition coefficient (Wildman–Crippen LogP) is 4.70. The highest BCUT2D eigenvalue weighted by Crippen LogP contribution is 2.32. The Morgan fingerprint density at radius 1 is 0.947 bits per heavy atom. The van der Waals surface area contributed by atoms with Crippen LogP contribution in [0.3, 0.4) is 0 Å². The Morgan fingerprint density at radius 2 is 1.63 bits per heavy atom. The van der Waals surface area contributed by atoms with E-state index in [0.717, 1.165) is 11.1 Å². The van der Waals surface area contributed by atoms with Crippen molar-refractivity contribution in [2.24, 2.45) is 0 Å². The van der Waals surface area contributed by atoms with E-state index in [-0.39, 0.29) is 0 Å². The van der Waals surface area contributed by atoms with E-state index < -0.39 is 5.60 Å². The third kappa shape index (κ3) is 3.05. The van der Waals surface area contributed by atoms with Crippen LogP contribution >= 0.6 is 0 Å². The van der Waals surface area contributed by atoms with Crippen LogP contribution in [-0.4, -0.2) is 5.11 Å². The van der Waals surface area contributed by atoms with E-state index >= 15 is 0 Å². The molecule has 0 radical (unpaired) electrons. The van der Waals surface area contributed by atoms with E-state index in [1.807, 2.05) is 32.0 Å². The lowest BCUT2D eigenvalue weighted by Gasteiger charge is -2.22. The summed E-state index contributed by atoms with van der Waals surface area (Å²) >= 11 is 0. The van der Waals surface area contributed by atoms with Gasteiger partial charge in [-0.3, -0.25) is 0 Å². The van der Waals surface area contributed by atoms with Crippen molar-refractivity contribution < 1.29 is 5.11 Å². The summed E-state index contributed by atoms with van der Waals surface area (Å²) in [4.78, 5) is 0. The first kappa shape index (κ1) is 13.8. The molecule has 100 valence electrons. The number of hydrogen-bond acceptors (Lipinski definition) is 1. The van der Waals surface area contributed by atoms with Crippen LogP contribution < -0.4 is 0 Å². The van der Waals surface area contributed by atoms with Crippen LogP contribution in [-0.2, 0) is 5.60 Å². The second-order valence-electron chi connectivity index (χ2n) is 5.88. The third-order valence-corrected chi connectivity index (χ3v) is 3.45. The van der Waals surface area contributed by atoms with E-state index in [9.17, 15) is 5.11 Å². The van der Waals surface area contributed by atoms with Gasteiger partial charge in [0.1, 0.15) is 0 Å². The Labute approximate surface area is 115 Å². The van der Waals surface area contributed by atoms with E-state index in [1.165, 1.54) is 11.1 Å². The fourth-order valence-corrected chi connectivity index (χ4v) is 2.33. The summed E-state index contributed by atoms with van der Waals surface area (Å²) < 4.78 is 0. The fourth-order valence-electron chi connectivity index (χ4n) is 2.33. The molecule has 0 spiro atoms. The van der Waals surface area contributed by atoms with Crippen LogP contribution in [0.15, 0.2) is 48.5 Å². The molecule has 1 N–H and O–H groups in total. The summed E-state index contributed by atoms with van der Waals surface area (Å²) in [6.07, 6.45) is 0. The number of hydrogen-bond donors (Lipinski definition) is 1. The van der Waals surface area contributed by atoms with Crippen molar-refractivity contribution in [2.45, 2.75) is 39.2 Å². The molecule has 1 heteroatoms. The van der Waals surface area contributed by atoms with Crippen LogP contribution in [0.2, 0.25) is 0 Å². The van der Waals surface area contributed by atoms with Gasteiger partial charge >= 0.3 is 0 Å². The summed E-state index contributed by atoms with van der Waals surface area (Å²) in [5.74, 6) is 0.509. The van der Waals surface area contributed by atoms with Gasteiger partial charge in [0.25, 0.3) is 0 Å². The van der Waals surface area contributed by atoms with Gasteiger partial charge in [-0.2, -0.15) is 0 Å². The third-order valence-electron chi connectivity index (χ3n) is 3.45. The first-order valence-corrected chi connectivity index (χ1v) is 6.82. The maximum atomic E-state index is 10.3. The molecule has 0 fully saturated rings. The molecule has 0 saturated heterocycles. The molecule has 2 aromatic carbocycles. The van der Waals surface area contributed by atoms with Gasteiger partial charge in [-0.15, -0.1) is 0 Å². The van der Waals surface area contributed by atoms with Crippen molar-refractivity contribution in [3.05, 3.63) is 59.7 Å². The average Bonchev–Trinajstić information content (AvgIpc) is 2.38. The van der Waals surface area contributed by atoms with Gasteiger partial charge in [-0.05, 0) is 42.0 Å². The Balaban J connectivity index is 2.56. The summed E-state index contributed by atoms with van der Waals surface area (Å²) in [5, 5.41) is 10.3. The smallest absolute Gasteiger partial charge is 0.0846 e. The summed E-state index contributed by atoms with van der Waals surface area (Å²) in [6, 6.07) is 16.6. The van der Waals surface area contributed by atoms with Crippen LogP contribution in [0.25, 0.3) is 11.1 Å². The zero-order valence-electron chi connectivity index (χ0n) is 12.1. The Kier molecular flexibility index (Phi) is 3.77. The van der Waals surface area contributed by atoms with Crippen LogP contribution in [0.5, 0.6) is 0 Å². The zero-order valence-corrected chi connectivity index (χ0v) is 12.1. The zero-order chi connectivity index (χ0) is 14.0. The molecule has 0 saturated carbocycles. The normalized spacial score (nSPS) is 11.9. The van der Waals surface area contributed by atoms with Crippen molar-refractivity contribution in [1.29, 1.82) is 0 Å². The highest BCUT2D eigenvalue weighted by Gasteiger charge is 2.20. The molecule has 0 aromatic heterocycles. The first-order valence-electron chi connectivity index (χ1n) is 6.82. The van der Waals surface area contributed by atoms with Crippen molar-refractivity contribution in [3.63, 3.8) is 0 Å². The summed E-state index contributed by atoms with van der Waals surface area (Å²) in [6.45, 7) is 8.05. The monoisotopic (exact) mass is 254 g/mol. The Hall–Kier alpha value is -1.60. The number of aliphatic hydroxyl groups is 1.